The first-order chi connectivity index (χ1) is 11.1. The average Bonchev–Trinajstić information content (AvgIpc) is 2.91. The highest BCUT2D eigenvalue weighted by atomic mass is 16.3. The molecule has 23 heavy (non-hydrogen) atoms. The summed E-state index contributed by atoms with van der Waals surface area (Å²) in [4.78, 5) is 16.6. The number of carbonyl (C=O) groups excluding carboxylic acids is 1. The molecule has 1 N–H and O–H groups in total. The molecule has 0 atom stereocenters. The predicted octanol–water partition coefficient (Wildman–Crippen LogP) is 1.73. The van der Waals surface area contributed by atoms with E-state index in [-0.39, 0.29) is 12.5 Å². The lowest BCUT2D eigenvalue weighted by Gasteiger charge is -2.34. The zero-order valence-corrected chi connectivity index (χ0v) is 13.8. The number of β-amino-alcohol motifs (C(OH)–C–C–N with tert-alkyl or cyclic N) is 1. The highest BCUT2D eigenvalue weighted by molar-refractivity contribution is 5.88. The van der Waals surface area contributed by atoms with Gasteiger partial charge in [0.1, 0.15) is 5.58 Å². The van der Waals surface area contributed by atoms with E-state index in [4.69, 9.17) is 9.52 Å². The smallest absolute Gasteiger partial charge is 0.227 e. The van der Waals surface area contributed by atoms with Crippen LogP contribution in [0, 0.1) is 13.8 Å². The fraction of sp³-hybridized carbons (Fsp3) is 0.500. The van der Waals surface area contributed by atoms with Crippen LogP contribution in [-0.2, 0) is 11.2 Å². The van der Waals surface area contributed by atoms with E-state index in [0.717, 1.165) is 42.7 Å². The summed E-state index contributed by atoms with van der Waals surface area (Å²) in [5.74, 6) is 0.148. The van der Waals surface area contributed by atoms with Crippen molar-refractivity contribution in [3.8, 4) is 0 Å². The van der Waals surface area contributed by atoms with Gasteiger partial charge >= 0.3 is 0 Å². The number of aliphatic hydroxyl groups is 1. The second-order valence-corrected chi connectivity index (χ2v) is 6.32. The van der Waals surface area contributed by atoms with Gasteiger partial charge in [0.15, 0.2) is 0 Å². The van der Waals surface area contributed by atoms with Gasteiger partial charge in [-0.15, -0.1) is 0 Å². The number of hydrogen-bond donors (Lipinski definition) is 1. The number of aryl methyl sites for hydroxylation is 2. The summed E-state index contributed by atoms with van der Waals surface area (Å²) in [5.41, 5.74) is 4.23. The highest BCUT2D eigenvalue weighted by Crippen LogP contribution is 2.25. The van der Waals surface area contributed by atoms with Crippen LogP contribution >= 0.6 is 0 Å². The molecule has 1 aliphatic heterocycles. The number of hydrogen-bond acceptors (Lipinski definition) is 4. The van der Waals surface area contributed by atoms with Crippen molar-refractivity contribution in [2.45, 2.75) is 20.3 Å². The SMILES string of the molecule is Cc1cc2occ(CC(=O)N3CCN(CCO)CC3)c2cc1C. The minimum Gasteiger partial charge on any atom is -0.464 e. The monoisotopic (exact) mass is 316 g/mol. The molecule has 0 bridgehead atoms. The number of fused-ring (bicyclic) bond motifs is 1. The van der Waals surface area contributed by atoms with E-state index in [1.54, 1.807) is 6.26 Å². The average molecular weight is 316 g/mol. The van der Waals surface area contributed by atoms with Gasteiger partial charge in [-0.1, -0.05) is 0 Å². The molecule has 0 radical (unpaired) electrons. The number of amides is 1. The van der Waals surface area contributed by atoms with Crippen LogP contribution in [0.25, 0.3) is 11.0 Å². The molecule has 1 aliphatic rings. The van der Waals surface area contributed by atoms with Crippen molar-refractivity contribution >= 4 is 16.9 Å². The molecular formula is C18H24N2O3. The Morgan fingerprint density at radius 3 is 2.57 bits per heavy atom. The van der Waals surface area contributed by atoms with Gasteiger partial charge in [0.2, 0.25) is 5.91 Å². The van der Waals surface area contributed by atoms with Crippen molar-refractivity contribution in [1.29, 1.82) is 0 Å². The molecule has 124 valence electrons. The fourth-order valence-corrected chi connectivity index (χ4v) is 3.11. The Kier molecular flexibility index (Phi) is 4.68. The number of nitrogens with zero attached hydrogens (tertiary/aromatic N) is 2. The third-order valence-corrected chi connectivity index (χ3v) is 4.75. The lowest BCUT2D eigenvalue weighted by Crippen LogP contribution is -2.49. The molecule has 0 unspecified atom stereocenters. The molecule has 3 rings (SSSR count). The lowest BCUT2D eigenvalue weighted by atomic mass is 10.0. The van der Waals surface area contributed by atoms with Crippen LogP contribution in [0.5, 0.6) is 0 Å². The molecule has 1 aromatic heterocycles. The largest absolute Gasteiger partial charge is 0.464 e. The molecule has 1 saturated heterocycles. The van der Waals surface area contributed by atoms with Gasteiger partial charge in [-0.25, -0.2) is 0 Å². The maximum atomic E-state index is 12.5. The molecule has 0 aliphatic carbocycles. The number of furan rings is 1. The van der Waals surface area contributed by atoms with Gasteiger partial charge in [-0.2, -0.15) is 0 Å². The second-order valence-electron chi connectivity index (χ2n) is 6.32. The maximum Gasteiger partial charge on any atom is 0.227 e. The molecule has 1 aromatic carbocycles. The first kappa shape index (κ1) is 16.0. The minimum absolute atomic E-state index is 0.148. The Morgan fingerprint density at radius 1 is 1.17 bits per heavy atom. The van der Waals surface area contributed by atoms with Crippen molar-refractivity contribution in [2.75, 3.05) is 39.3 Å². The minimum atomic E-state index is 0.148. The maximum absolute atomic E-state index is 12.5. The molecule has 2 aromatic rings. The van der Waals surface area contributed by atoms with E-state index in [0.29, 0.717) is 13.0 Å². The summed E-state index contributed by atoms with van der Waals surface area (Å²) in [6.45, 7) is 8.12. The third-order valence-electron chi connectivity index (χ3n) is 4.75. The third kappa shape index (κ3) is 3.41. The summed E-state index contributed by atoms with van der Waals surface area (Å²) < 4.78 is 5.62. The Hall–Kier alpha value is -1.85. The quantitative estimate of drug-likeness (QED) is 0.933. The summed E-state index contributed by atoms with van der Waals surface area (Å²) in [6, 6.07) is 4.14. The first-order valence-electron chi connectivity index (χ1n) is 8.17. The second kappa shape index (κ2) is 6.72. The van der Waals surface area contributed by atoms with Gasteiger partial charge in [0.05, 0.1) is 19.3 Å². The van der Waals surface area contributed by atoms with Crippen LogP contribution in [0.1, 0.15) is 16.7 Å². The molecule has 0 spiro atoms. The van der Waals surface area contributed by atoms with Gasteiger partial charge in [-0.05, 0) is 37.1 Å². The van der Waals surface area contributed by atoms with Crippen molar-refractivity contribution in [2.24, 2.45) is 0 Å². The standard InChI is InChI=1S/C18H24N2O3/c1-13-9-16-15(12-23-17(16)10-14(13)2)11-18(22)20-5-3-19(4-6-20)7-8-21/h9-10,12,21H,3-8,11H2,1-2H3. The molecular weight excluding hydrogens is 292 g/mol. The van der Waals surface area contributed by atoms with Crippen LogP contribution in [-0.4, -0.2) is 60.1 Å². The molecule has 1 amide bonds. The van der Waals surface area contributed by atoms with E-state index in [9.17, 15) is 4.79 Å². The normalized spacial score (nSPS) is 16.2. The van der Waals surface area contributed by atoms with E-state index < -0.39 is 0 Å². The zero-order chi connectivity index (χ0) is 16.4. The van der Waals surface area contributed by atoms with Crippen molar-refractivity contribution in [1.82, 2.24) is 9.80 Å². The summed E-state index contributed by atoms with van der Waals surface area (Å²) in [7, 11) is 0. The summed E-state index contributed by atoms with van der Waals surface area (Å²) in [6.07, 6.45) is 2.10. The number of piperazine rings is 1. The van der Waals surface area contributed by atoms with Gasteiger partial charge in [0, 0.05) is 43.7 Å². The summed E-state index contributed by atoms with van der Waals surface area (Å²) in [5, 5.41) is 10.0. The molecule has 0 saturated carbocycles. The Labute approximate surface area is 136 Å². The van der Waals surface area contributed by atoms with Crippen LogP contribution < -0.4 is 0 Å². The summed E-state index contributed by atoms with van der Waals surface area (Å²) >= 11 is 0. The van der Waals surface area contributed by atoms with Crippen LogP contribution in [0.4, 0.5) is 0 Å². The molecule has 2 heterocycles. The highest BCUT2D eigenvalue weighted by Gasteiger charge is 2.22. The zero-order valence-electron chi connectivity index (χ0n) is 13.8. The van der Waals surface area contributed by atoms with Gasteiger partial charge in [0.25, 0.3) is 0 Å². The Bertz CT molecular complexity index is 700. The molecule has 5 heteroatoms. The van der Waals surface area contributed by atoms with Gasteiger partial charge in [-0.3, -0.25) is 9.69 Å². The first-order valence-corrected chi connectivity index (χ1v) is 8.17. The molecule has 1 fully saturated rings. The van der Waals surface area contributed by atoms with E-state index in [1.165, 1.54) is 11.1 Å². The topological polar surface area (TPSA) is 56.9 Å². The van der Waals surface area contributed by atoms with Crippen molar-refractivity contribution in [3.05, 3.63) is 35.1 Å². The van der Waals surface area contributed by atoms with E-state index >= 15 is 0 Å². The lowest BCUT2D eigenvalue weighted by molar-refractivity contribution is -0.132. The Balaban J connectivity index is 1.68. The molecule has 5 nitrogen and oxygen atoms in total. The van der Waals surface area contributed by atoms with E-state index in [1.807, 2.05) is 11.0 Å². The van der Waals surface area contributed by atoms with Crippen LogP contribution in [0.3, 0.4) is 0 Å². The van der Waals surface area contributed by atoms with Gasteiger partial charge < -0.3 is 14.4 Å². The Morgan fingerprint density at radius 2 is 1.87 bits per heavy atom. The number of carbonyl (C=O) groups is 1. The van der Waals surface area contributed by atoms with Crippen molar-refractivity contribution in [3.63, 3.8) is 0 Å². The van der Waals surface area contributed by atoms with Crippen LogP contribution in [0.2, 0.25) is 0 Å². The number of rotatable bonds is 4. The number of benzene rings is 1. The van der Waals surface area contributed by atoms with E-state index in [2.05, 4.69) is 24.8 Å². The fourth-order valence-electron chi connectivity index (χ4n) is 3.11. The van der Waals surface area contributed by atoms with Crippen molar-refractivity contribution < 1.29 is 14.3 Å². The number of aliphatic hydroxyl groups excluding tert-OH is 1. The van der Waals surface area contributed by atoms with Crippen LogP contribution in [0.15, 0.2) is 22.8 Å². The predicted molar refractivity (Wildman–Crippen MR) is 89.5 cm³/mol.